The van der Waals surface area contributed by atoms with Crippen molar-refractivity contribution in [3.05, 3.63) is 48.2 Å². The zero-order valence-corrected chi connectivity index (χ0v) is 10.5. The molecule has 1 N–H and O–H groups in total. The molecule has 0 amide bonds. The van der Waals surface area contributed by atoms with Gasteiger partial charge in [-0.15, -0.1) is 0 Å². The van der Waals surface area contributed by atoms with Crippen LogP contribution in [0.4, 0.5) is 0 Å². The third kappa shape index (κ3) is 2.87. The largest absolute Gasteiger partial charge is 0.496 e. The molecule has 18 heavy (non-hydrogen) atoms. The molecule has 0 radical (unpaired) electrons. The Kier molecular flexibility index (Phi) is 4.31. The summed E-state index contributed by atoms with van der Waals surface area (Å²) in [6.07, 6.45) is 3.40. The predicted octanol–water partition coefficient (Wildman–Crippen LogP) is 2.68. The van der Waals surface area contributed by atoms with E-state index in [1.807, 2.05) is 30.3 Å². The topological polar surface area (TPSA) is 42.4 Å². The summed E-state index contributed by atoms with van der Waals surface area (Å²) in [7, 11) is 1.66. The Morgan fingerprint density at radius 3 is 2.78 bits per heavy atom. The maximum Gasteiger partial charge on any atom is 0.128 e. The van der Waals surface area contributed by atoms with Gasteiger partial charge in [-0.3, -0.25) is 4.98 Å². The Labute approximate surface area is 107 Å². The second-order valence-electron chi connectivity index (χ2n) is 4.08. The number of pyridine rings is 1. The van der Waals surface area contributed by atoms with E-state index in [4.69, 9.17) is 9.84 Å². The molecule has 0 fully saturated rings. The van der Waals surface area contributed by atoms with Crippen LogP contribution in [0.3, 0.4) is 0 Å². The van der Waals surface area contributed by atoms with Gasteiger partial charge >= 0.3 is 0 Å². The molecule has 0 spiro atoms. The third-order valence-electron chi connectivity index (χ3n) is 2.83. The van der Waals surface area contributed by atoms with Gasteiger partial charge in [-0.25, -0.2) is 0 Å². The average molecular weight is 243 g/mol. The van der Waals surface area contributed by atoms with E-state index < -0.39 is 0 Å². The fourth-order valence-electron chi connectivity index (χ4n) is 1.91. The summed E-state index contributed by atoms with van der Waals surface area (Å²) in [5.41, 5.74) is 3.06. The Hall–Kier alpha value is -1.87. The van der Waals surface area contributed by atoms with Crippen LogP contribution in [-0.2, 0) is 6.42 Å². The number of benzene rings is 1. The van der Waals surface area contributed by atoms with Gasteiger partial charge in [0, 0.05) is 18.4 Å². The van der Waals surface area contributed by atoms with E-state index in [0.29, 0.717) is 0 Å². The quantitative estimate of drug-likeness (QED) is 0.878. The number of aliphatic hydroxyl groups is 1. The number of ether oxygens (including phenoxy) is 1. The van der Waals surface area contributed by atoms with Crippen LogP contribution >= 0.6 is 0 Å². The number of aromatic nitrogens is 1. The van der Waals surface area contributed by atoms with E-state index in [9.17, 15) is 0 Å². The molecular weight excluding hydrogens is 226 g/mol. The zero-order valence-electron chi connectivity index (χ0n) is 10.5. The van der Waals surface area contributed by atoms with E-state index in [-0.39, 0.29) is 6.61 Å². The maximum atomic E-state index is 8.85. The summed E-state index contributed by atoms with van der Waals surface area (Å²) in [4.78, 5) is 4.33. The van der Waals surface area contributed by atoms with E-state index in [0.717, 1.165) is 29.8 Å². The fraction of sp³-hybridized carbons (Fsp3) is 0.267. The van der Waals surface area contributed by atoms with Crippen LogP contribution in [0, 0.1) is 0 Å². The van der Waals surface area contributed by atoms with Crippen LogP contribution in [0.1, 0.15) is 12.0 Å². The first-order valence-corrected chi connectivity index (χ1v) is 6.04. The summed E-state index contributed by atoms with van der Waals surface area (Å²) < 4.78 is 5.42. The lowest BCUT2D eigenvalue weighted by molar-refractivity contribution is 0.288. The average Bonchev–Trinajstić information content (AvgIpc) is 2.45. The summed E-state index contributed by atoms with van der Waals surface area (Å²) in [6, 6.07) is 11.9. The lowest BCUT2D eigenvalue weighted by Gasteiger charge is -2.10. The molecule has 3 nitrogen and oxygen atoms in total. The highest BCUT2D eigenvalue weighted by Crippen LogP contribution is 2.29. The molecule has 0 aliphatic heterocycles. The molecule has 0 aliphatic rings. The van der Waals surface area contributed by atoms with E-state index in [1.165, 1.54) is 5.56 Å². The number of rotatable bonds is 5. The van der Waals surface area contributed by atoms with Gasteiger partial charge in [0.1, 0.15) is 5.75 Å². The molecule has 2 aromatic rings. The second kappa shape index (κ2) is 6.17. The highest BCUT2D eigenvalue weighted by molar-refractivity contribution is 5.67. The van der Waals surface area contributed by atoms with Crippen molar-refractivity contribution in [1.82, 2.24) is 4.98 Å². The van der Waals surface area contributed by atoms with Crippen molar-refractivity contribution in [3.8, 4) is 17.0 Å². The number of hydrogen-bond acceptors (Lipinski definition) is 3. The van der Waals surface area contributed by atoms with Gasteiger partial charge < -0.3 is 9.84 Å². The number of aryl methyl sites for hydroxylation is 1. The molecular formula is C15H17NO2. The number of aliphatic hydroxyl groups excluding tert-OH is 1. The van der Waals surface area contributed by atoms with E-state index in [1.54, 1.807) is 13.3 Å². The fourth-order valence-corrected chi connectivity index (χ4v) is 1.91. The van der Waals surface area contributed by atoms with Crippen LogP contribution in [0.15, 0.2) is 42.6 Å². The first kappa shape index (κ1) is 12.6. The Morgan fingerprint density at radius 1 is 1.22 bits per heavy atom. The minimum atomic E-state index is 0.213. The monoisotopic (exact) mass is 243 g/mol. The van der Waals surface area contributed by atoms with Crippen LogP contribution < -0.4 is 4.74 Å². The summed E-state index contributed by atoms with van der Waals surface area (Å²) in [5.74, 6) is 0.823. The second-order valence-corrected chi connectivity index (χ2v) is 4.08. The molecule has 0 unspecified atom stereocenters. The Morgan fingerprint density at radius 2 is 2.11 bits per heavy atom. The zero-order chi connectivity index (χ0) is 12.8. The van der Waals surface area contributed by atoms with Gasteiger partial charge in [-0.1, -0.05) is 12.1 Å². The summed E-state index contributed by atoms with van der Waals surface area (Å²) >= 11 is 0. The normalized spacial score (nSPS) is 10.3. The van der Waals surface area contributed by atoms with Crippen molar-refractivity contribution in [1.29, 1.82) is 0 Å². The van der Waals surface area contributed by atoms with Gasteiger partial charge in [-0.05, 0) is 42.7 Å². The first-order chi connectivity index (χ1) is 8.85. The van der Waals surface area contributed by atoms with Gasteiger partial charge in [0.2, 0.25) is 0 Å². The van der Waals surface area contributed by atoms with Gasteiger partial charge in [0.25, 0.3) is 0 Å². The van der Waals surface area contributed by atoms with Crippen LogP contribution in [-0.4, -0.2) is 23.8 Å². The first-order valence-electron chi connectivity index (χ1n) is 6.04. The number of nitrogens with zero attached hydrogens (tertiary/aromatic N) is 1. The van der Waals surface area contributed by atoms with Crippen LogP contribution in [0.2, 0.25) is 0 Å². The minimum absolute atomic E-state index is 0.213. The highest BCUT2D eigenvalue weighted by Gasteiger charge is 2.07. The molecule has 2 rings (SSSR count). The Bertz CT molecular complexity index is 497. The van der Waals surface area contributed by atoms with Crippen LogP contribution in [0.25, 0.3) is 11.3 Å². The molecule has 1 aromatic carbocycles. The molecule has 1 heterocycles. The standard InChI is InChI=1S/C15H17NO2/c1-18-15-11-12(5-4-10-17)7-8-13(15)14-6-2-3-9-16-14/h2-3,6-9,11,17H,4-5,10H2,1H3. The Balaban J connectivity index is 2.32. The molecule has 94 valence electrons. The highest BCUT2D eigenvalue weighted by atomic mass is 16.5. The van der Waals surface area contributed by atoms with Gasteiger partial charge in [-0.2, -0.15) is 0 Å². The SMILES string of the molecule is COc1cc(CCCO)ccc1-c1ccccn1. The van der Waals surface area contributed by atoms with E-state index in [2.05, 4.69) is 11.1 Å². The molecule has 1 aromatic heterocycles. The molecule has 0 saturated carbocycles. The van der Waals surface area contributed by atoms with Gasteiger partial charge in [0.05, 0.1) is 12.8 Å². The lowest BCUT2D eigenvalue weighted by atomic mass is 10.0. The third-order valence-corrected chi connectivity index (χ3v) is 2.83. The molecule has 3 heteroatoms. The van der Waals surface area contributed by atoms with Crippen LogP contribution in [0.5, 0.6) is 5.75 Å². The molecule has 0 bridgehead atoms. The van der Waals surface area contributed by atoms with Crippen molar-refractivity contribution >= 4 is 0 Å². The van der Waals surface area contributed by atoms with Crippen molar-refractivity contribution in [3.63, 3.8) is 0 Å². The van der Waals surface area contributed by atoms with Crippen molar-refractivity contribution in [2.75, 3.05) is 13.7 Å². The lowest BCUT2D eigenvalue weighted by Crippen LogP contribution is -1.94. The summed E-state index contributed by atoms with van der Waals surface area (Å²) in [5, 5.41) is 8.85. The minimum Gasteiger partial charge on any atom is -0.496 e. The molecule has 0 atom stereocenters. The smallest absolute Gasteiger partial charge is 0.128 e. The van der Waals surface area contributed by atoms with Gasteiger partial charge in [0.15, 0.2) is 0 Å². The van der Waals surface area contributed by atoms with E-state index >= 15 is 0 Å². The summed E-state index contributed by atoms with van der Waals surface area (Å²) in [6.45, 7) is 0.213. The number of hydrogen-bond donors (Lipinski definition) is 1. The maximum absolute atomic E-state index is 8.85. The molecule has 0 saturated heterocycles. The predicted molar refractivity (Wildman–Crippen MR) is 71.6 cm³/mol. The van der Waals surface area contributed by atoms with Crippen molar-refractivity contribution in [2.24, 2.45) is 0 Å². The van der Waals surface area contributed by atoms with Crippen molar-refractivity contribution in [2.45, 2.75) is 12.8 Å². The number of methoxy groups -OCH3 is 1. The molecule has 0 aliphatic carbocycles. The van der Waals surface area contributed by atoms with Crippen molar-refractivity contribution < 1.29 is 9.84 Å².